The van der Waals surface area contributed by atoms with Gasteiger partial charge in [-0.1, -0.05) is 152 Å². The van der Waals surface area contributed by atoms with Crippen molar-refractivity contribution in [2.24, 2.45) is 0 Å². The molecule has 9 aromatic carbocycles. The van der Waals surface area contributed by atoms with Crippen LogP contribution in [0.25, 0.3) is 122 Å². The Balaban J connectivity index is 1.19. The molecule has 0 unspecified atom stereocenters. The lowest BCUT2D eigenvalue weighted by Crippen LogP contribution is -2.12. The van der Waals surface area contributed by atoms with Crippen molar-refractivity contribution in [3.05, 3.63) is 212 Å². The molecule has 67 heavy (non-hydrogen) atoms. The molecule has 9 heteroatoms. The molecule has 13 rings (SSSR count). The number of furan rings is 1. The molecule has 0 amide bonds. The van der Waals surface area contributed by atoms with Crippen LogP contribution in [0.4, 0.5) is 13.2 Å². The molecule has 0 spiro atoms. The maximum atomic E-state index is 16.5. The van der Waals surface area contributed by atoms with Gasteiger partial charge in [-0.05, 0) is 65.7 Å². The number of para-hydroxylation sites is 3. The van der Waals surface area contributed by atoms with E-state index in [4.69, 9.17) is 19.4 Å². The monoisotopic (exact) mass is 873 g/mol. The third-order valence-electron chi connectivity index (χ3n) is 12.8. The summed E-state index contributed by atoms with van der Waals surface area (Å²) < 4.78 is 60.3. The summed E-state index contributed by atoms with van der Waals surface area (Å²) in [5.74, 6) is 0.694. The molecule has 0 atom stereocenters. The average molecular weight is 874 g/mol. The van der Waals surface area contributed by atoms with Gasteiger partial charge in [0.05, 0.1) is 44.3 Å². The number of hydrogen-bond acceptors (Lipinski definition) is 4. The van der Waals surface area contributed by atoms with Crippen LogP contribution in [0.5, 0.6) is 0 Å². The number of fused-ring (bicyclic) bond motifs is 9. The molecule has 0 bridgehead atoms. The van der Waals surface area contributed by atoms with Gasteiger partial charge in [0.15, 0.2) is 17.5 Å². The smallest absolute Gasteiger partial charge is 0.418 e. The van der Waals surface area contributed by atoms with Gasteiger partial charge in [0.1, 0.15) is 11.2 Å². The molecule has 4 aromatic heterocycles. The predicted molar refractivity (Wildman–Crippen MR) is 263 cm³/mol. The Kier molecular flexibility index (Phi) is 8.57. The van der Waals surface area contributed by atoms with E-state index in [-0.39, 0.29) is 28.0 Å². The van der Waals surface area contributed by atoms with Crippen LogP contribution in [0, 0.1) is 0 Å². The highest BCUT2D eigenvalue weighted by atomic mass is 19.4. The number of aromatic nitrogens is 5. The van der Waals surface area contributed by atoms with Crippen molar-refractivity contribution in [3.63, 3.8) is 0 Å². The molecule has 13 aromatic rings. The summed E-state index contributed by atoms with van der Waals surface area (Å²) in [5.41, 5.74) is 7.17. The SMILES string of the molecule is FC(F)(F)c1cc(-c2nc(-c3ccccc3)nc(-c3ccccc3)n2)c2oc3ccccc3c2c1-n1c2ccc(-c3ccccc3)cc2c2cc3c4ccccc4n(-c4ccccc4)c3cc21. The lowest BCUT2D eigenvalue weighted by Gasteiger charge is -2.19. The fraction of sp³-hybridized carbons (Fsp3) is 0.0172. The summed E-state index contributed by atoms with van der Waals surface area (Å²) in [4.78, 5) is 14.7. The highest BCUT2D eigenvalue weighted by molar-refractivity contribution is 6.22. The molecule has 6 nitrogen and oxygen atoms in total. The van der Waals surface area contributed by atoms with Crippen LogP contribution in [-0.2, 0) is 6.18 Å². The van der Waals surface area contributed by atoms with Crippen LogP contribution in [0.3, 0.4) is 0 Å². The first-order valence-corrected chi connectivity index (χ1v) is 21.9. The summed E-state index contributed by atoms with van der Waals surface area (Å²) in [6.45, 7) is 0. The van der Waals surface area contributed by atoms with Crippen molar-refractivity contribution in [1.82, 2.24) is 24.1 Å². The van der Waals surface area contributed by atoms with E-state index in [2.05, 4.69) is 28.8 Å². The van der Waals surface area contributed by atoms with Crippen molar-refractivity contribution < 1.29 is 17.6 Å². The van der Waals surface area contributed by atoms with Gasteiger partial charge in [0, 0.05) is 43.7 Å². The first-order chi connectivity index (χ1) is 32.9. The Labute approximate surface area is 380 Å². The minimum atomic E-state index is -4.86. The van der Waals surface area contributed by atoms with Crippen LogP contribution in [0.2, 0.25) is 0 Å². The van der Waals surface area contributed by atoms with E-state index in [9.17, 15) is 0 Å². The molecule has 0 fully saturated rings. The fourth-order valence-corrected chi connectivity index (χ4v) is 9.81. The Morgan fingerprint density at radius 2 is 0.910 bits per heavy atom. The zero-order valence-corrected chi connectivity index (χ0v) is 35.4. The first-order valence-electron chi connectivity index (χ1n) is 21.9. The molecule has 0 radical (unpaired) electrons. The number of benzene rings is 9. The summed E-state index contributed by atoms with van der Waals surface area (Å²) in [6, 6.07) is 65.7. The maximum Gasteiger partial charge on any atom is 0.418 e. The summed E-state index contributed by atoms with van der Waals surface area (Å²) in [6.07, 6.45) is -4.86. The van der Waals surface area contributed by atoms with Crippen LogP contribution in [0.15, 0.2) is 211 Å². The molecule has 0 N–H and O–H groups in total. The number of nitrogens with zero attached hydrogens (tertiary/aromatic N) is 5. The van der Waals surface area contributed by atoms with E-state index >= 15 is 13.2 Å². The predicted octanol–water partition coefficient (Wildman–Crippen LogP) is 15.7. The summed E-state index contributed by atoms with van der Waals surface area (Å²) in [7, 11) is 0. The van der Waals surface area contributed by atoms with Crippen molar-refractivity contribution in [2.75, 3.05) is 0 Å². The van der Waals surface area contributed by atoms with Crippen molar-refractivity contribution in [1.29, 1.82) is 0 Å². The minimum Gasteiger partial charge on any atom is -0.455 e. The van der Waals surface area contributed by atoms with Gasteiger partial charge in [-0.25, -0.2) is 15.0 Å². The van der Waals surface area contributed by atoms with Crippen LogP contribution < -0.4 is 0 Å². The molecule has 0 aliphatic heterocycles. The lowest BCUT2D eigenvalue weighted by molar-refractivity contribution is -0.137. The second kappa shape index (κ2) is 14.9. The average Bonchev–Trinajstić information content (AvgIpc) is 4.03. The number of alkyl halides is 3. The van der Waals surface area contributed by atoms with Gasteiger partial charge in [0.25, 0.3) is 0 Å². The zero-order chi connectivity index (χ0) is 44.8. The van der Waals surface area contributed by atoms with Gasteiger partial charge >= 0.3 is 6.18 Å². The van der Waals surface area contributed by atoms with Gasteiger partial charge in [-0.3, -0.25) is 0 Å². The Morgan fingerprint density at radius 1 is 0.388 bits per heavy atom. The van der Waals surface area contributed by atoms with E-state index in [0.29, 0.717) is 44.8 Å². The Morgan fingerprint density at radius 3 is 1.58 bits per heavy atom. The second-order valence-corrected chi connectivity index (χ2v) is 16.7. The standard InChI is InChI=1S/C58H34F3N5O/c59-58(60,61)46-33-45(57-63-55(36-19-7-2-8-20-36)62-56(64-57)37-21-9-3-10-22-37)54-52(41-26-14-16-28-51(41)67-54)53(46)66-48-30-29-38(35-17-5-1-6-18-35)31-42(48)44-32-43-40-25-13-15-27-47(40)65(49(43)34-50(44)66)39-23-11-4-12-24-39/h1-34H. The van der Waals surface area contributed by atoms with Gasteiger partial charge in [0.2, 0.25) is 0 Å². The largest absolute Gasteiger partial charge is 0.455 e. The van der Waals surface area contributed by atoms with E-state index in [1.165, 1.54) is 0 Å². The molecule has 318 valence electrons. The lowest BCUT2D eigenvalue weighted by atomic mass is 9.99. The van der Waals surface area contributed by atoms with Gasteiger partial charge in [-0.2, -0.15) is 13.2 Å². The molecular weight excluding hydrogens is 840 g/mol. The van der Waals surface area contributed by atoms with Crippen LogP contribution >= 0.6 is 0 Å². The molecule has 0 saturated carbocycles. The number of rotatable bonds is 6. The van der Waals surface area contributed by atoms with Crippen LogP contribution in [-0.4, -0.2) is 24.1 Å². The highest BCUT2D eigenvalue weighted by Crippen LogP contribution is 2.49. The van der Waals surface area contributed by atoms with Crippen molar-refractivity contribution in [3.8, 4) is 56.7 Å². The maximum absolute atomic E-state index is 16.5. The molecule has 0 aliphatic carbocycles. The van der Waals surface area contributed by atoms with Gasteiger partial charge < -0.3 is 13.6 Å². The minimum absolute atomic E-state index is 0.0500. The number of halogens is 3. The third kappa shape index (κ3) is 6.16. The molecular formula is C58H34F3N5O. The zero-order valence-electron chi connectivity index (χ0n) is 35.4. The molecule has 0 aliphatic rings. The molecule has 4 heterocycles. The summed E-state index contributed by atoms with van der Waals surface area (Å²) >= 11 is 0. The van der Waals surface area contributed by atoms with E-state index in [1.54, 1.807) is 10.6 Å². The normalized spacial score (nSPS) is 12.1. The topological polar surface area (TPSA) is 61.7 Å². The van der Waals surface area contributed by atoms with Gasteiger partial charge in [-0.15, -0.1) is 0 Å². The van der Waals surface area contributed by atoms with Crippen molar-refractivity contribution in [2.45, 2.75) is 6.18 Å². The molecule has 0 saturated heterocycles. The fourth-order valence-electron chi connectivity index (χ4n) is 9.81. The first kappa shape index (κ1) is 38.6. The highest BCUT2D eigenvalue weighted by Gasteiger charge is 2.39. The summed E-state index contributed by atoms with van der Waals surface area (Å²) in [5, 5.41) is 4.46. The van der Waals surface area contributed by atoms with E-state index in [0.717, 1.165) is 55.5 Å². The van der Waals surface area contributed by atoms with E-state index < -0.39 is 11.7 Å². The third-order valence-corrected chi connectivity index (χ3v) is 12.8. The Hall–Kier alpha value is -8.82. The quantitative estimate of drug-likeness (QED) is 0.167. The Bertz CT molecular complexity index is 4010. The van der Waals surface area contributed by atoms with E-state index in [1.807, 2.05) is 170 Å². The second-order valence-electron chi connectivity index (χ2n) is 16.7. The van der Waals surface area contributed by atoms with Crippen molar-refractivity contribution >= 4 is 65.6 Å². The van der Waals surface area contributed by atoms with Crippen LogP contribution in [0.1, 0.15) is 5.56 Å². The number of hydrogen-bond donors (Lipinski definition) is 0.